The van der Waals surface area contributed by atoms with Crippen LogP contribution in [0, 0.1) is 0 Å². The number of hydrazone groups is 1. The molecular formula is C26H22N4O4S. The van der Waals surface area contributed by atoms with E-state index < -0.39 is 5.97 Å². The van der Waals surface area contributed by atoms with Crippen LogP contribution in [0.1, 0.15) is 19.4 Å². The first-order valence-electron chi connectivity index (χ1n) is 10.7. The Hall–Kier alpha value is -4.24. The number of hydrogen-bond donors (Lipinski definition) is 1. The molecule has 0 saturated carbocycles. The molecule has 4 aromatic rings. The number of para-hydroxylation sites is 2. The van der Waals surface area contributed by atoms with Crippen LogP contribution in [0.3, 0.4) is 0 Å². The molecule has 0 fully saturated rings. The molecule has 1 aromatic heterocycles. The van der Waals surface area contributed by atoms with Gasteiger partial charge in [0.2, 0.25) is 0 Å². The van der Waals surface area contributed by atoms with E-state index in [0.29, 0.717) is 33.2 Å². The zero-order valence-corrected chi connectivity index (χ0v) is 19.9. The molecule has 0 aliphatic rings. The Morgan fingerprint density at radius 1 is 0.971 bits per heavy atom. The number of esters is 1. The standard InChI is InChI=1S/C26H22N4O4S/c1-17(19-12-14-21(15-13-19)34-18(2)31)28-29-24(32)16-35-26-27-23-11-7-6-10-22(23)25(33)30(26)20-8-4-3-5-9-20/h3-15H,16H2,1-2H3,(H,29,32). The highest BCUT2D eigenvalue weighted by Crippen LogP contribution is 2.21. The smallest absolute Gasteiger partial charge is 0.308 e. The van der Waals surface area contributed by atoms with Gasteiger partial charge in [-0.2, -0.15) is 5.10 Å². The Balaban J connectivity index is 1.50. The Morgan fingerprint density at radius 2 is 1.66 bits per heavy atom. The number of nitrogens with one attached hydrogen (secondary N) is 1. The highest BCUT2D eigenvalue weighted by atomic mass is 32.2. The number of amides is 1. The summed E-state index contributed by atoms with van der Waals surface area (Å²) in [5.41, 5.74) is 4.93. The first-order valence-corrected chi connectivity index (χ1v) is 11.7. The quantitative estimate of drug-likeness (QED) is 0.106. The SMILES string of the molecule is CC(=O)Oc1ccc(C(C)=NNC(=O)CSc2nc3ccccc3c(=O)n2-c2ccccc2)cc1. The van der Waals surface area contributed by atoms with Gasteiger partial charge >= 0.3 is 5.97 Å². The van der Waals surface area contributed by atoms with Gasteiger partial charge in [-0.05, 0) is 61.0 Å². The number of fused-ring (bicyclic) bond motifs is 1. The first kappa shape index (κ1) is 23.9. The van der Waals surface area contributed by atoms with E-state index in [1.165, 1.54) is 11.5 Å². The molecule has 0 aliphatic heterocycles. The van der Waals surface area contributed by atoms with Crippen LogP contribution in [0.25, 0.3) is 16.6 Å². The Labute approximate surface area is 205 Å². The molecule has 1 amide bonds. The molecule has 3 aromatic carbocycles. The van der Waals surface area contributed by atoms with Gasteiger partial charge in [0.05, 0.1) is 28.1 Å². The fourth-order valence-electron chi connectivity index (χ4n) is 3.32. The maximum absolute atomic E-state index is 13.2. The summed E-state index contributed by atoms with van der Waals surface area (Å²) in [6.07, 6.45) is 0. The highest BCUT2D eigenvalue weighted by Gasteiger charge is 2.14. The minimum absolute atomic E-state index is 0.0137. The van der Waals surface area contributed by atoms with Gasteiger partial charge in [0.1, 0.15) is 5.75 Å². The van der Waals surface area contributed by atoms with Crippen LogP contribution >= 0.6 is 11.8 Å². The molecule has 8 nitrogen and oxygen atoms in total. The van der Waals surface area contributed by atoms with E-state index in [-0.39, 0.29) is 17.2 Å². The van der Waals surface area contributed by atoms with Crippen LogP contribution in [-0.4, -0.2) is 32.9 Å². The molecule has 0 spiro atoms. The van der Waals surface area contributed by atoms with E-state index in [1.54, 1.807) is 49.4 Å². The van der Waals surface area contributed by atoms with Gasteiger partial charge in [0.15, 0.2) is 5.16 Å². The summed E-state index contributed by atoms with van der Waals surface area (Å²) < 4.78 is 6.53. The summed E-state index contributed by atoms with van der Waals surface area (Å²) in [7, 11) is 0. The zero-order valence-electron chi connectivity index (χ0n) is 19.1. The van der Waals surface area contributed by atoms with Crippen LogP contribution in [0.5, 0.6) is 5.75 Å². The average Bonchev–Trinajstić information content (AvgIpc) is 2.86. The van der Waals surface area contributed by atoms with Crippen molar-refractivity contribution >= 4 is 40.3 Å². The number of carbonyl (C=O) groups excluding carboxylic acids is 2. The predicted molar refractivity (Wildman–Crippen MR) is 136 cm³/mol. The number of carbonyl (C=O) groups is 2. The third kappa shape index (κ3) is 5.82. The maximum Gasteiger partial charge on any atom is 0.308 e. The van der Waals surface area contributed by atoms with Crippen LogP contribution in [0.15, 0.2) is 93.9 Å². The predicted octanol–water partition coefficient (Wildman–Crippen LogP) is 3.94. The third-order valence-electron chi connectivity index (χ3n) is 4.97. The topological polar surface area (TPSA) is 103 Å². The molecule has 0 saturated heterocycles. The lowest BCUT2D eigenvalue weighted by Gasteiger charge is -2.13. The van der Waals surface area contributed by atoms with Crippen LogP contribution in [0.4, 0.5) is 0 Å². The van der Waals surface area contributed by atoms with E-state index in [0.717, 1.165) is 17.3 Å². The average molecular weight is 487 g/mol. The second-order valence-corrected chi connectivity index (χ2v) is 8.47. The summed E-state index contributed by atoms with van der Waals surface area (Å²) in [4.78, 5) is 41.4. The van der Waals surface area contributed by atoms with E-state index in [1.807, 2.05) is 36.4 Å². The van der Waals surface area contributed by atoms with Crippen LogP contribution in [0.2, 0.25) is 0 Å². The van der Waals surface area contributed by atoms with Crippen molar-refractivity contribution in [2.45, 2.75) is 19.0 Å². The molecule has 4 rings (SSSR count). The second-order valence-electron chi connectivity index (χ2n) is 7.53. The second kappa shape index (κ2) is 10.8. The summed E-state index contributed by atoms with van der Waals surface area (Å²) in [6.45, 7) is 3.09. The van der Waals surface area contributed by atoms with Crippen molar-refractivity contribution in [2.24, 2.45) is 5.10 Å². The number of thioether (sulfide) groups is 1. The van der Waals surface area contributed by atoms with Crippen molar-refractivity contribution in [3.05, 3.63) is 94.8 Å². The Morgan fingerprint density at radius 3 is 2.37 bits per heavy atom. The molecule has 0 atom stereocenters. The molecule has 1 N–H and O–H groups in total. The van der Waals surface area contributed by atoms with Gasteiger partial charge in [-0.15, -0.1) is 0 Å². The minimum Gasteiger partial charge on any atom is -0.427 e. The van der Waals surface area contributed by atoms with Gasteiger partial charge in [-0.3, -0.25) is 19.0 Å². The normalized spacial score (nSPS) is 11.3. The van der Waals surface area contributed by atoms with Crippen molar-refractivity contribution in [1.82, 2.24) is 15.0 Å². The number of rotatable bonds is 7. The molecule has 0 radical (unpaired) electrons. The minimum atomic E-state index is -0.397. The molecule has 1 heterocycles. The number of hydrogen-bond acceptors (Lipinski definition) is 7. The highest BCUT2D eigenvalue weighted by molar-refractivity contribution is 7.99. The number of ether oxygens (including phenoxy) is 1. The van der Waals surface area contributed by atoms with Crippen molar-refractivity contribution < 1.29 is 14.3 Å². The van der Waals surface area contributed by atoms with Crippen molar-refractivity contribution in [1.29, 1.82) is 0 Å². The Kier molecular flexibility index (Phi) is 7.37. The van der Waals surface area contributed by atoms with E-state index >= 15 is 0 Å². The fourth-order valence-corrected chi connectivity index (χ4v) is 4.12. The van der Waals surface area contributed by atoms with E-state index in [9.17, 15) is 14.4 Å². The summed E-state index contributed by atoms with van der Waals surface area (Å²) in [6, 6.07) is 23.1. The lowest BCUT2D eigenvalue weighted by Crippen LogP contribution is -2.24. The molecule has 0 bridgehead atoms. The summed E-state index contributed by atoms with van der Waals surface area (Å²) >= 11 is 1.16. The molecule has 9 heteroatoms. The lowest BCUT2D eigenvalue weighted by atomic mass is 10.1. The Bertz CT molecular complexity index is 1460. The van der Waals surface area contributed by atoms with Crippen LogP contribution < -0.4 is 15.7 Å². The molecule has 35 heavy (non-hydrogen) atoms. The van der Waals surface area contributed by atoms with Gasteiger partial charge in [0, 0.05) is 6.92 Å². The van der Waals surface area contributed by atoms with Crippen molar-refractivity contribution in [2.75, 3.05) is 5.75 Å². The lowest BCUT2D eigenvalue weighted by molar-refractivity contribution is -0.131. The maximum atomic E-state index is 13.2. The van der Waals surface area contributed by atoms with E-state index in [2.05, 4.69) is 15.5 Å². The summed E-state index contributed by atoms with van der Waals surface area (Å²) in [5.74, 6) is -0.291. The van der Waals surface area contributed by atoms with Gasteiger partial charge < -0.3 is 4.74 Å². The third-order valence-corrected chi connectivity index (χ3v) is 5.91. The molecule has 176 valence electrons. The van der Waals surface area contributed by atoms with Crippen LogP contribution in [-0.2, 0) is 9.59 Å². The largest absolute Gasteiger partial charge is 0.427 e. The van der Waals surface area contributed by atoms with Crippen molar-refractivity contribution in [3.8, 4) is 11.4 Å². The number of benzene rings is 3. The molecule has 0 aliphatic carbocycles. The number of aromatic nitrogens is 2. The fraction of sp³-hybridized carbons (Fsp3) is 0.115. The monoisotopic (exact) mass is 486 g/mol. The molecular weight excluding hydrogens is 464 g/mol. The van der Waals surface area contributed by atoms with Crippen molar-refractivity contribution in [3.63, 3.8) is 0 Å². The molecule has 0 unspecified atom stereocenters. The number of nitrogens with zero attached hydrogens (tertiary/aromatic N) is 3. The summed E-state index contributed by atoms with van der Waals surface area (Å²) in [5, 5.41) is 5.07. The van der Waals surface area contributed by atoms with E-state index in [4.69, 9.17) is 4.74 Å². The van der Waals surface area contributed by atoms with Gasteiger partial charge in [0.25, 0.3) is 11.5 Å². The van der Waals surface area contributed by atoms with Gasteiger partial charge in [-0.25, -0.2) is 10.4 Å². The van der Waals surface area contributed by atoms with Gasteiger partial charge in [-0.1, -0.05) is 42.1 Å². The zero-order chi connectivity index (χ0) is 24.8. The first-order chi connectivity index (χ1) is 16.9.